The van der Waals surface area contributed by atoms with Gasteiger partial charge in [-0.2, -0.15) is 0 Å². The highest BCUT2D eigenvalue weighted by molar-refractivity contribution is 5.94. The predicted octanol–water partition coefficient (Wildman–Crippen LogP) is 3.19. The second kappa shape index (κ2) is 9.30. The summed E-state index contributed by atoms with van der Waals surface area (Å²) in [6, 6.07) is 11.3. The van der Waals surface area contributed by atoms with Gasteiger partial charge in [-0.25, -0.2) is 8.78 Å². The summed E-state index contributed by atoms with van der Waals surface area (Å²) < 4.78 is 26.6. The van der Waals surface area contributed by atoms with Crippen LogP contribution in [-0.4, -0.2) is 31.5 Å². The van der Waals surface area contributed by atoms with Crippen molar-refractivity contribution < 1.29 is 13.6 Å². The second-order valence-corrected chi connectivity index (χ2v) is 6.71. The van der Waals surface area contributed by atoms with Crippen LogP contribution in [0, 0.1) is 11.6 Å². The molecule has 2 aromatic rings. The number of nitrogens with one attached hydrogen (secondary N) is 3. The van der Waals surface area contributed by atoms with Gasteiger partial charge in [0, 0.05) is 37.2 Å². The zero-order valence-corrected chi connectivity index (χ0v) is 15.8. The van der Waals surface area contributed by atoms with Gasteiger partial charge in [0.1, 0.15) is 11.6 Å². The van der Waals surface area contributed by atoms with E-state index in [-0.39, 0.29) is 11.8 Å². The quantitative estimate of drug-likeness (QED) is 0.528. The van der Waals surface area contributed by atoms with E-state index < -0.39 is 11.6 Å². The number of nitrogens with zero attached hydrogens (tertiary/aromatic N) is 1. The average molecular weight is 386 g/mol. The van der Waals surface area contributed by atoms with Crippen LogP contribution in [-0.2, 0) is 11.2 Å². The van der Waals surface area contributed by atoms with E-state index >= 15 is 0 Å². The molecular formula is C21H24F2N4O. The molecule has 3 rings (SSSR count). The van der Waals surface area contributed by atoms with Crippen molar-refractivity contribution in [3.8, 4) is 0 Å². The summed E-state index contributed by atoms with van der Waals surface area (Å²) in [6.07, 6.45) is 0.857. The maximum Gasteiger partial charge on any atom is 0.225 e. The molecule has 0 spiro atoms. The number of anilines is 1. The lowest BCUT2D eigenvalue weighted by atomic mass is 9.91. The number of carbonyl (C=O) groups excluding carboxylic acids is 1. The van der Waals surface area contributed by atoms with Crippen molar-refractivity contribution in [3.05, 3.63) is 65.2 Å². The first-order chi connectivity index (χ1) is 13.5. The van der Waals surface area contributed by atoms with Crippen molar-refractivity contribution in [3.63, 3.8) is 0 Å². The van der Waals surface area contributed by atoms with Gasteiger partial charge in [0.05, 0.1) is 6.54 Å². The largest absolute Gasteiger partial charge is 0.357 e. The highest BCUT2D eigenvalue weighted by atomic mass is 19.1. The summed E-state index contributed by atoms with van der Waals surface area (Å²) in [5.74, 6) is -0.542. The summed E-state index contributed by atoms with van der Waals surface area (Å²) in [5.41, 5.74) is 2.50. The van der Waals surface area contributed by atoms with Crippen molar-refractivity contribution in [2.75, 3.05) is 25.0 Å². The van der Waals surface area contributed by atoms with Crippen LogP contribution in [0.2, 0.25) is 0 Å². The maximum absolute atomic E-state index is 13.3. The van der Waals surface area contributed by atoms with Crippen LogP contribution in [0.1, 0.15) is 30.4 Å². The normalized spacial score (nSPS) is 16.3. The molecule has 28 heavy (non-hydrogen) atoms. The Kier molecular flexibility index (Phi) is 6.57. The molecule has 148 valence electrons. The molecule has 1 atom stereocenters. The summed E-state index contributed by atoms with van der Waals surface area (Å²) in [5, 5.41) is 9.22. The fourth-order valence-electron chi connectivity index (χ4n) is 3.29. The summed E-state index contributed by atoms with van der Waals surface area (Å²) >= 11 is 0. The van der Waals surface area contributed by atoms with Crippen molar-refractivity contribution >= 4 is 17.6 Å². The van der Waals surface area contributed by atoms with Crippen molar-refractivity contribution in [2.45, 2.75) is 25.7 Å². The summed E-state index contributed by atoms with van der Waals surface area (Å²) in [7, 11) is 0. The number of para-hydroxylation sites is 1. The Morgan fingerprint density at radius 2 is 1.93 bits per heavy atom. The van der Waals surface area contributed by atoms with Crippen LogP contribution >= 0.6 is 0 Å². The molecule has 0 saturated heterocycles. The molecular weight excluding hydrogens is 362 g/mol. The molecule has 1 aliphatic rings. The van der Waals surface area contributed by atoms with Crippen molar-refractivity contribution in [1.82, 2.24) is 10.6 Å². The SMILES string of the molecule is CCNC(=NCC1CC(=O)Nc2ccccc21)NCCc1cc(F)cc(F)c1. The molecule has 0 aliphatic carbocycles. The van der Waals surface area contributed by atoms with E-state index in [1.807, 2.05) is 31.2 Å². The average Bonchev–Trinajstić information content (AvgIpc) is 2.65. The lowest BCUT2D eigenvalue weighted by molar-refractivity contribution is -0.116. The minimum Gasteiger partial charge on any atom is -0.357 e. The molecule has 5 nitrogen and oxygen atoms in total. The molecule has 0 aromatic heterocycles. The molecule has 0 fully saturated rings. The molecule has 2 aromatic carbocycles. The van der Waals surface area contributed by atoms with Crippen molar-refractivity contribution in [2.24, 2.45) is 4.99 Å². The van der Waals surface area contributed by atoms with Gasteiger partial charge >= 0.3 is 0 Å². The Labute approximate surface area is 163 Å². The van der Waals surface area contributed by atoms with Gasteiger partial charge in [0.25, 0.3) is 0 Å². The second-order valence-electron chi connectivity index (χ2n) is 6.71. The van der Waals surface area contributed by atoms with Crippen LogP contribution < -0.4 is 16.0 Å². The predicted molar refractivity (Wildman–Crippen MR) is 106 cm³/mol. The molecule has 1 amide bonds. The number of hydrogen-bond donors (Lipinski definition) is 3. The number of hydrogen-bond acceptors (Lipinski definition) is 2. The van der Waals surface area contributed by atoms with E-state index in [4.69, 9.17) is 0 Å². The zero-order valence-electron chi connectivity index (χ0n) is 15.8. The monoisotopic (exact) mass is 386 g/mol. The summed E-state index contributed by atoms with van der Waals surface area (Å²) in [4.78, 5) is 16.5. The topological polar surface area (TPSA) is 65.5 Å². The van der Waals surface area contributed by atoms with Gasteiger partial charge < -0.3 is 16.0 Å². The molecule has 7 heteroatoms. The first-order valence-corrected chi connectivity index (χ1v) is 9.41. The maximum atomic E-state index is 13.3. The highest BCUT2D eigenvalue weighted by Crippen LogP contribution is 2.31. The Morgan fingerprint density at radius 3 is 2.68 bits per heavy atom. The first-order valence-electron chi connectivity index (χ1n) is 9.41. The van der Waals surface area contributed by atoms with E-state index in [0.717, 1.165) is 17.3 Å². The smallest absolute Gasteiger partial charge is 0.225 e. The number of carbonyl (C=O) groups is 1. The Bertz CT molecular complexity index is 849. The van der Waals surface area contributed by atoms with E-state index in [1.165, 1.54) is 12.1 Å². The minimum atomic E-state index is -0.579. The number of rotatable bonds is 6. The summed E-state index contributed by atoms with van der Waals surface area (Å²) in [6.45, 7) is 3.59. The van der Waals surface area contributed by atoms with E-state index in [1.54, 1.807) is 0 Å². The zero-order chi connectivity index (χ0) is 19.9. The lowest BCUT2D eigenvalue weighted by Crippen LogP contribution is -2.38. The van der Waals surface area contributed by atoms with Crippen LogP contribution in [0.3, 0.4) is 0 Å². The van der Waals surface area contributed by atoms with Crippen LogP contribution in [0.4, 0.5) is 14.5 Å². The highest BCUT2D eigenvalue weighted by Gasteiger charge is 2.24. The third-order valence-electron chi connectivity index (χ3n) is 4.55. The fourth-order valence-corrected chi connectivity index (χ4v) is 3.29. The van der Waals surface area contributed by atoms with Gasteiger partial charge in [0.2, 0.25) is 5.91 Å². The number of aliphatic imine (C=N–C) groups is 1. The van der Waals surface area contributed by atoms with Gasteiger partial charge in [-0.15, -0.1) is 0 Å². The minimum absolute atomic E-state index is 0.00927. The number of fused-ring (bicyclic) bond motifs is 1. The van der Waals surface area contributed by atoms with Crippen molar-refractivity contribution in [1.29, 1.82) is 0 Å². The molecule has 1 unspecified atom stereocenters. The molecule has 0 bridgehead atoms. The van der Waals surface area contributed by atoms with Gasteiger partial charge in [-0.3, -0.25) is 9.79 Å². The molecule has 1 aliphatic heterocycles. The number of guanidine groups is 1. The Hall–Kier alpha value is -2.96. The third-order valence-corrected chi connectivity index (χ3v) is 4.55. The van der Waals surface area contributed by atoms with Gasteiger partial charge in [-0.05, 0) is 42.7 Å². The Balaban J connectivity index is 1.62. The lowest BCUT2D eigenvalue weighted by Gasteiger charge is -2.24. The fraction of sp³-hybridized carbons (Fsp3) is 0.333. The number of benzene rings is 2. The van der Waals surface area contributed by atoms with Gasteiger partial charge in [0.15, 0.2) is 5.96 Å². The van der Waals surface area contributed by atoms with E-state index in [9.17, 15) is 13.6 Å². The van der Waals surface area contributed by atoms with Crippen LogP contribution in [0.15, 0.2) is 47.5 Å². The standard InChI is InChI=1S/C21H24F2N4O/c1-2-24-21(25-8-7-14-9-16(22)12-17(23)10-14)26-13-15-11-20(28)27-19-6-4-3-5-18(15)19/h3-6,9-10,12,15H,2,7-8,11,13H2,1H3,(H,27,28)(H2,24,25,26). The van der Waals surface area contributed by atoms with E-state index in [0.29, 0.717) is 44.0 Å². The van der Waals surface area contributed by atoms with Gasteiger partial charge in [-0.1, -0.05) is 18.2 Å². The molecule has 3 N–H and O–H groups in total. The first kappa shape index (κ1) is 19.8. The molecule has 0 saturated carbocycles. The van der Waals surface area contributed by atoms with Crippen LogP contribution in [0.5, 0.6) is 0 Å². The Morgan fingerprint density at radius 1 is 1.18 bits per heavy atom. The number of halogens is 2. The van der Waals surface area contributed by atoms with E-state index in [2.05, 4.69) is 20.9 Å². The number of amides is 1. The van der Waals surface area contributed by atoms with Crippen LogP contribution in [0.25, 0.3) is 0 Å². The molecule has 0 radical (unpaired) electrons. The molecule has 1 heterocycles. The third kappa shape index (κ3) is 5.28.